The third-order valence-corrected chi connectivity index (χ3v) is 12.1. The molecule has 3 saturated heterocycles. The van der Waals surface area contributed by atoms with Crippen LogP contribution in [0.15, 0.2) is 54.7 Å². The number of aliphatic carboxylic acids is 3. The van der Waals surface area contributed by atoms with E-state index in [-0.39, 0.29) is 56.4 Å². The normalized spacial score (nSPS) is 17.8. The first-order valence-corrected chi connectivity index (χ1v) is 22.2. The fourth-order valence-corrected chi connectivity index (χ4v) is 8.42. The average Bonchev–Trinajstić information content (AvgIpc) is 3.84. The minimum atomic E-state index is -1.02. The van der Waals surface area contributed by atoms with Crippen LogP contribution in [0.1, 0.15) is 33.6 Å². The highest BCUT2D eigenvalue weighted by Gasteiger charge is 2.26. The van der Waals surface area contributed by atoms with Gasteiger partial charge in [0.2, 0.25) is 11.8 Å². The van der Waals surface area contributed by atoms with E-state index < -0.39 is 17.9 Å². The number of carbonyl (C=O) groups excluding carboxylic acids is 4. The Labute approximate surface area is 377 Å². The molecule has 4 amide bonds. The summed E-state index contributed by atoms with van der Waals surface area (Å²) in [4.78, 5) is 104. The number of nitrogens with one attached hydrogen (secondary N) is 2. The fraction of sp³-hybridized carbons (Fsp3) is 0.511. The Morgan fingerprint density at radius 3 is 1.62 bits per heavy atom. The number of carboxylic acid groups (broad SMARTS) is 3. The lowest BCUT2D eigenvalue weighted by atomic mass is 9.99. The molecule has 3 aliphatic heterocycles. The standard InChI is InChI=1S/C45H60N10O10/c56-39(54-11-1-2-12-54)28-48-45(65)37-8-9-46-38-27-34(6-7-36(37)38)33-4-3-5-35(26-33)44(64)47-10-13-49-22-24-55(25-23-49)40(57)29-50-14-16-51(30-41(58)59)18-20-53(32-43(62)63)21-19-52(17-15-50)31-42(60)61/h3-9,26-27H,1-2,10-25,28-32H2,(H,47,64)(H,48,65)(H,58,59)(H,60,61)(H,62,63). The first kappa shape index (κ1) is 48.4. The van der Waals surface area contributed by atoms with E-state index in [0.717, 1.165) is 37.1 Å². The number of hydrogen-bond donors (Lipinski definition) is 5. The Balaban J connectivity index is 0.970. The quantitative estimate of drug-likeness (QED) is 0.123. The molecule has 6 rings (SSSR count). The van der Waals surface area contributed by atoms with Crippen LogP contribution in [0.3, 0.4) is 0 Å². The molecule has 0 unspecified atom stereocenters. The molecular weight excluding hydrogens is 841 g/mol. The van der Waals surface area contributed by atoms with Crippen LogP contribution in [0.2, 0.25) is 0 Å². The molecule has 3 fully saturated rings. The maximum absolute atomic E-state index is 13.6. The first-order valence-electron chi connectivity index (χ1n) is 22.2. The largest absolute Gasteiger partial charge is 0.480 e. The van der Waals surface area contributed by atoms with Crippen molar-refractivity contribution in [1.82, 2.24) is 49.9 Å². The van der Waals surface area contributed by atoms with Gasteiger partial charge in [-0.25, -0.2) is 0 Å². The van der Waals surface area contributed by atoms with Gasteiger partial charge in [0.25, 0.3) is 11.8 Å². The van der Waals surface area contributed by atoms with Gasteiger partial charge >= 0.3 is 17.9 Å². The second-order valence-electron chi connectivity index (χ2n) is 16.7. The number of hydrogen-bond acceptors (Lipinski definition) is 13. The maximum Gasteiger partial charge on any atom is 0.317 e. The van der Waals surface area contributed by atoms with E-state index in [1.165, 1.54) is 0 Å². The molecule has 20 heteroatoms. The summed E-state index contributed by atoms with van der Waals surface area (Å²) in [5.41, 5.74) is 3.14. The van der Waals surface area contributed by atoms with Crippen molar-refractivity contribution < 1.29 is 48.9 Å². The maximum atomic E-state index is 13.6. The zero-order valence-corrected chi connectivity index (χ0v) is 36.7. The molecule has 4 heterocycles. The zero-order valence-electron chi connectivity index (χ0n) is 36.7. The van der Waals surface area contributed by atoms with E-state index in [1.807, 2.05) is 41.3 Å². The summed E-state index contributed by atoms with van der Waals surface area (Å²) in [5.74, 6) is -3.79. The van der Waals surface area contributed by atoms with Gasteiger partial charge in [-0.3, -0.25) is 63.0 Å². The molecule has 1 aromatic heterocycles. The van der Waals surface area contributed by atoms with Crippen LogP contribution in [-0.4, -0.2) is 234 Å². The monoisotopic (exact) mass is 900 g/mol. The molecule has 0 aliphatic carbocycles. The molecule has 20 nitrogen and oxygen atoms in total. The van der Waals surface area contributed by atoms with Crippen LogP contribution in [-0.2, 0) is 24.0 Å². The van der Waals surface area contributed by atoms with Crippen LogP contribution in [0.4, 0.5) is 0 Å². The molecule has 65 heavy (non-hydrogen) atoms. The van der Waals surface area contributed by atoms with Gasteiger partial charge in [-0.2, -0.15) is 0 Å². The van der Waals surface area contributed by atoms with Gasteiger partial charge in [0.05, 0.1) is 43.8 Å². The van der Waals surface area contributed by atoms with Crippen LogP contribution < -0.4 is 10.6 Å². The van der Waals surface area contributed by atoms with Crippen LogP contribution in [0, 0.1) is 0 Å². The number of carbonyl (C=O) groups is 7. The Kier molecular flexibility index (Phi) is 17.7. The van der Waals surface area contributed by atoms with Crippen LogP contribution in [0.5, 0.6) is 0 Å². The molecule has 0 saturated carbocycles. The highest BCUT2D eigenvalue weighted by molar-refractivity contribution is 6.07. The number of fused-ring (bicyclic) bond motifs is 1. The summed E-state index contributed by atoms with van der Waals surface area (Å²) in [5, 5.41) is 34.9. The summed E-state index contributed by atoms with van der Waals surface area (Å²) < 4.78 is 0. The van der Waals surface area contributed by atoms with Crippen molar-refractivity contribution in [2.45, 2.75) is 12.8 Å². The van der Waals surface area contributed by atoms with Gasteiger partial charge in [0.15, 0.2) is 0 Å². The van der Waals surface area contributed by atoms with Gasteiger partial charge < -0.3 is 35.8 Å². The van der Waals surface area contributed by atoms with Gasteiger partial charge in [0.1, 0.15) is 0 Å². The van der Waals surface area contributed by atoms with E-state index >= 15 is 0 Å². The lowest BCUT2D eigenvalue weighted by Gasteiger charge is -2.37. The number of benzene rings is 2. The van der Waals surface area contributed by atoms with Crippen molar-refractivity contribution in [3.63, 3.8) is 0 Å². The molecule has 0 atom stereocenters. The highest BCUT2D eigenvalue weighted by Crippen LogP contribution is 2.26. The minimum absolute atomic E-state index is 0.0604. The van der Waals surface area contributed by atoms with Crippen molar-refractivity contribution >= 4 is 52.4 Å². The lowest BCUT2D eigenvalue weighted by molar-refractivity contribution is -0.141. The Morgan fingerprint density at radius 2 is 1.05 bits per heavy atom. The Morgan fingerprint density at radius 1 is 0.523 bits per heavy atom. The molecule has 350 valence electrons. The van der Waals surface area contributed by atoms with Gasteiger partial charge in [-0.1, -0.05) is 24.3 Å². The van der Waals surface area contributed by atoms with Crippen LogP contribution >= 0.6 is 0 Å². The van der Waals surface area contributed by atoms with E-state index in [9.17, 15) is 48.9 Å². The second-order valence-corrected chi connectivity index (χ2v) is 16.7. The molecule has 3 aromatic rings. The number of aromatic nitrogens is 1. The number of piperazine rings is 1. The van der Waals surface area contributed by atoms with Crippen molar-refractivity contribution in [3.8, 4) is 11.1 Å². The smallest absolute Gasteiger partial charge is 0.317 e. The second kappa shape index (κ2) is 23.7. The molecule has 5 N–H and O–H groups in total. The summed E-state index contributed by atoms with van der Waals surface area (Å²) in [6.45, 7) is 6.50. The first-order chi connectivity index (χ1) is 31.3. The van der Waals surface area contributed by atoms with Crippen molar-refractivity contribution in [2.24, 2.45) is 0 Å². The highest BCUT2D eigenvalue weighted by atomic mass is 16.4. The van der Waals surface area contributed by atoms with Crippen molar-refractivity contribution in [3.05, 3.63) is 65.9 Å². The lowest BCUT2D eigenvalue weighted by Crippen LogP contribution is -2.53. The molecule has 3 aliphatic rings. The molecule has 0 spiro atoms. The van der Waals surface area contributed by atoms with Gasteiger partial charge in [-0.05, 0) is 48.2 Å². The van der Waals surface area contributed by atoms with Gasteiger partial charge in [0, 0.05) is 122 Å². The number of rotatable bonds is 16. The topological polar surface area (TPSA) is 240 Å². The molecule has 0 bridgehead atoms. The van der Waals surface area contributed by atoms with Crippen molar-refractivity contribution in [2.75, 3.05) is 137 Å². The summed E-state index contributed by atoms with van der Waals surface area (Å²) in [6, 6.07) is 14.5. The molecule has 2 aromatic carbocycles. The fourth-order valence-electron chi connectivity index (χ4n) is 8.42. The summed E-state index contributed by atoms with van der Waals surface area (Å²) in [7, 11) is 0. The number of nitrogens with zero attached hydrogens (tertiary/aromatic N) is 8. The van der Waals surface area contributed by atoms with Crippen molar-refractivity contribution in [1.29, 1.82) is 0 Å². The number of amides is 4. The minimum Gasteiger partial charge on any atom is -0.480 e. The average molecular weight is 901 g/mol. The SMILES string of the molecule is O=C(O)CN1CCN(CC(=O)O)CCN(CC(=O)N2CCN(CCNC(=O)c3cccc(-c4ccc5c(C(=O)NCC(=O)N6CCCC6)ccnc5c4)c3)CC2)CCN(CC(=O)O)CC1. The third-order valence-electron chi connectivity index (χ3n) is 12.1. The molecular formula is C45H60N10O10. The Bertz CT molecular complexity index is 2150. The van der Waals surface area contributed by atoms with Gasteiger partial charge in [-0.15, -0.1) is 0 Å². The van der Waals surface area contributed by atoms with E-state index in [2.05, 4.69) is 20.5 Å². The van der Waals surface area contributed by atoms with E-state index in [4.69, 9.17) is 0 Å². The number of pyridine rings is 1. The summed E-state index contributed by atoms with van der Waals surface area (Å²) >= 11 is 0. The van der Waals surface area contributed by atoms with E-state index in [1.54, 1.807) is 42.8 Å². The number of carboxylic acids is 3. The van der Waals surface area contributed by atoms with Crippen LogP contribution in [0.25, 0.3) is 22.0 Å². The summed E-state index contributed by atoms with van der Waals surface area (Å²) in [6.07, 6.45) is 3.52. The predicted octanol–water partition coefficient (Wildman–Crippen LogP) is -0.397. The van der Waals surface area contributed by atoms with E-state index in [0.29, 0.717) is 114 Å². The zero-order chi connectivity index (χ0) is 46.3. The molecule has 0 radical (unpaired) electrons. The predicted molar refractivity (Wildman–Crippen MR) is 239 cm³/mol. The third kappa shape index (κ3) is 14.7. The Hall–Kier alpha value is -6.06. The number of likely N-dealkylation sites (tertiary alicyclic amines) is 1.